The zero-order valence-corrected chi connectivity index (χ0v) is 29.1. The normalized spacial score (nSPS) is 37.8. The first-order valence-electron chi connectivity index (χ1n) is 15.5. The van der Waals surface area contributed by atoms with Gasteiger partial charge in [-0.2, -0.15) is 0 Å². The van der Waals surface area contributed by atoms with Crippen LogP contribution in [0.4, 0.5) is 0 Å². The van der Waals surface area contributed by atoms with E-state index in [1.54, 1.807) is 0 Å². The molecule has 0 unspecified atom stereocenters. The molecule has 3 aliphatic rings. The molecule has 3 saturated heterocycles. The van der Waals surface area contributed by atoms with Gasteiger partial charge in [0.25, 0.3) is 0 Å². The molecule has 0 radical (unpaired) electrons. The number of aliphatic carboxylic acids is 1. The third-order valence-electron chi connectivity index (χ3n) is 8.52. The van der Waals surface area contributed by atoms with Gasteiger partial charge in [-0.1, -0.05) is 30.3 Å². The molecule has 272 valence electrons. The Hall–Kier alpha value is -1.40. The zero-order chi connectivity index (χ0) is 35.2. The van der Waals surface area contributed by atoms with E-state index in [2.05, 4.69) is 5.32 Å². The molecule has 19 heteroatoms. The zero-order valence-electron chi connectivity index (χ0n) is 27.1. The number of carboxylic acid groups (broad SMARTS) is 1. The number of nitrogens with one attached hydrogen (secondary N) is 1. The molecule has 1 aromatic rings. The van der Waals surface area contributed by atoms with Gasteiger partial charge < -0.3 is 84.5 Å². The second-order valence-corrected chi connectivity index (χ2v) is 12.0. The van der Waals surface area contributed by atoms with Crippen molar-refractivity contribution < 1.29 is 114 Å². The van der Waals surface area contributed by atoms with Crippen LogP contribution in [0.25, 0.3) is 0 Å². The van der Waals surface area contributed by atoms with E-state index in [-0.39, 0.29) is 55.8 Å². The van der Waals surface area contributed by atoms with E-state index in [9.17, 15) is 55.5 Å². The van der Waals surface area contributed by atoms with Crippen molar-refractivity contribution in [1.29, 1.82) is 0 Å². The van der Waals surface area contributed by atoms with Crippen molar-refractivity contribution in [3.05, 3.63) is 35.9 Å². The van der Waals surface area contributed by atoms with Gasteiger partial charge in [0.2, 0.25) is 11.7 Å². The second-order valence-electron chi connectivity index (χ2n) is 12.0. The van der Waals surface area contributed by atoms with Crippen LogP contribution in [0, 0.1) is 0 Å². The Morgan fingerprint density at radius 2 is 1.76 bits per heavy atom. The third kappa shape index (κ3) is 10.1. The topological polar surface area (TPSA) is 286 Å². The minimum atomic E-state index is -3.04. The first kappa shape index (κ1) is 42.0. The number of carbonyl (C=O) groups excluding carboxylic acids is 2. The van der Waals surface area contributed by atoms with E-state index in [4.69, 9.17) is 28.4 Å². The Morgan fingerprint density at radius 3 is 2.37 bits per heavy atom. The number of ether oxygens (including phenoxy) is 6. The van der Waals surface area contributed by atoms with Crippen molar-refractivity contribution in [3.8, 4) is 0 Å². The van der Waals surface area contributed by atoms with Crippen LogP contribution in [0.3, 0.4) is 0 Å². The summed E-state index contributed by atoms with van der Waals surface area (Å²) in [4.78, 5) is 24.4. The van der Waals surface area contributed by atoms with Crippen molar-refractivity contribution in [2.24, 2.45) is 0 Å². The number of aliphatic hydroxyl groups is 8. The van der Waals surface area contributed by atoms with E-state index in [1.807, 2.05) is 30.3 Å². The minimum Gasteiger partial charge on any atom is -0.544 e. The Morgan fingerprint density at radius 1 is 1.06 bits per heavy atom. The number of carbonyl (C=O) groups is 2. The summed E-state index contributed by atoms with van der Waals surface area (Å²) in [7, 11) is 0. The fourth-order valence-corrected chi connectivity index (χ4v) is 5.94. The molecule has 14 atom stereocenters. The van der Waals surface area contributed by atoms with Gasteiger partial charge in [-0.15, -0.1) is 0 Å². The van der Waals surface area contributed by atoms with Crippen molar-refractivity contribution in [3.63, 3.8) is 0 Å². The number of hydrogen-bond acceptors (Lipinski definition) is 17. The molecule has 18 nitrogen and oxygen atoms in total. The van der Waals surface area contributed by atoms with Crippen LogP contribution in [0.2, 0.25) is 0 Å². The van der Waals surface area contributed by atoms with E-state index in [0.29, 0.717) is 0 Å². The maximum Gasteiger partial charge on any atom is 1.00 e. The van der Waals surface area contributed by atoms with Gasteiger partial charge in [0.05, 0.1) is 44.7 Å². The molecular weight excluding hydrogens is 669 g/mol. The Kier molecular flexibility index (Phi) is 16.2. The molecule has 49 heavy (non-hydrogen) atoms. The van der Waals surface area contributed by atoms with Crippen molar-refractivity contribution in [2.45, 2.75) is 112 Å². The summed E-state index contributed by atoms with van der Waals surface area (Å²) in [5, 5.41) is 99.0. The summed E-state index contributed by atoms with van der Waals surface area (Å²) >= 11 is 0. The molecule has 4 rings (SSSR count). The van der Waals surface area contributed by atoms with Crippen LogP contribution in [-0.2, 0) is 44.6 Å². The average Bonchev–Trinajstić information content (AvgIpc) is 3.06. The Balaban J connectivity index is 0.00000650. The Bertz CT molecular complexity index is 1190. The van der Waals surface area contributed by atoms with E-state index in [0.717, 1.165) is 12.5 Å². The smallest absolute Gasteiger partial charge is 0.544 e. The van der Waals surface area contributed by atoms with Crippen molar-refractivity contribution in [2.75, 3.05) is 26.4 Å². The molecule has 3 heterocycles. The molecule has 9 N–H and O–H groups in total. The predicted molar refractivity (Wildman–Crippen MR) is 154 cm³/mol. The van der Waals surface area contributed by atoms with E-state index in [1.165, 1.54) is 0 Å². The van der Waals surface area contributed by atoms with Gasteiger partial charge in [0.1, 0.15) is 60.9 Å². The van der Waals surface area contributed by atoms with Crippen LogP contribution in [-0.4, -0.2) is 164 Å². The third-order valence-corrected chi connectivity index (χ3v) is 8.52. The molecule has 0 bridgehead atoms. The molecule has 0 saturated carbocycles. The first-order valence-corrected chi connectivity index (χ1v) is 15.5. The van der Waals surface area contributed by atoms with E-state index < -0.39 is 117 Å². The number of rotatable bonds is 14. The molecule has 1 aromatic carbocycles. The number of benzene rings is 1. The van der Waals surface area contributed by atoms with Gasteiger partial charge in [-0.05, 0) is 12.0 Å². The van der Waals surface area contributed by atoms with E-state index >= 15 is 0 Å². The van der Waals surface area contributed by atoms with Crippen LogP contribution in [0.1, 0.15) is 25.3 Å². The van der Waals surface area contributed by atoms with Crippen LogP contribution in [0.15, 0.2) is 30.3 Å². The quantitative estimate of drug-likeness (QED) is 0.0809. The fraction of sp³-hybridized carbons (Fsp3) is 0.733. The SMILES string of the molecule is CC(=O)N[C@H]1[C@H]([C@@H](O)[C@H](O)CO)O[C@@](O[C@H]2[C@@H](O)[C@@H](CO)O[C@@H](O[C@@H]3CCO[C@H](COCc4ccccc4)[C@@H]3O)[C@@H]2O)(C(=O)[O-])C[C@@H]1O.[Na+]. The number of hydrogen-bond donors (Lipinski definition) is 9. The summed E-state index contributed by atoms with van der Waals surface area (Å²) < 4.78 is 33.9. The van der Waals surface area contributed by atoms with Crippen LogP contribution in [0.5, 0.6) is 0 Å². The summed E-state index contributed by atoms with van der Waals surface area (Å²) in [5.74, 6) is -5.90. The molecule has 0 spiro atoms. The average molecular weight is 714 g/mol. The summed E-state index contributed by atoms with van der Waals surface area (Å²) in [6.07, 6.45) is -21.0. The molecule has 0 aromatic heterocycles. The first-order chi connectivity index (χ1) is 22.8. The Labute approximate surface area is 303 Å². The van der Waals surface area contributed by atoms with Gasteiger partial charge in [0.15, 0.2) is 6.29 Å². The number of carboxylic acids is 1. The molecule has 3 fully saturated rings. The largest absolute Gasteiger partial charge is 1.00 e. The standard InChI is InChI=1S/C30H45NO17.Na/c1-14(34)31-21-16(35)9-30(29(41)42,47-26(21)22(37)17(36)10-32)48-27-24(39)19(11-33)46-28(25(27)40)45-18-7-8-44-20(23(18)38)13-43-12-15-5-3-2-4-6-15;/h2-6,16-28,32-33,35-40H,7-13H2,1H3,(H,31,34)(H,41,42);/q;+1/p-1/t16-,17+,18+,19+,20+,21+,22-,23+,24-,25+,26+,27-,28+,30-;/m0./s1. The monoisotopic (exact) mass is 713 g/mol. The van der Waals surface area contributed by atoms with Crippen LogP contribution >= 0.6 is 0 Å². The predicted octanol–water partition coefficient (Wildman–Crippen LogP) is -8.62. The number of aliphatic hydroxyl groups excluding tert-OH is 8. The number of amides is 1. The van der Waals surface area contributed by atoms with Gasteiger partial charge in [-0.3, -0.25) is 4.79 Å². The van der Waals surface area contributed by atoms with Crippen molar-refractivity contribution >= 4 is 11.9 Å². The maximum atomic E-state index is 12.6. The molecule has 0 aliphatic carbocycles. The van der Waals surface area contributed by atoms with Gasteiger partial charge in [0, 0.05) is 20.0 Å². The molecular formula is C30H44NNaO17. The molecule has 1 amide bonds. The fourth-order valence-electron chi connectivity index (χ4n) is 5.94. The van der Waals surface area contributed by atoms with Gasteiger partial charge in [-0.25, -0.2) is 0 Å². The van der Waals surface area contributed by atoms with Crippen molar-refractivity contribution in [1.82, 2.24) is 5.32 Å². The summed E-state index contributed by atoms with van der Waals surface area (Å²) in [6, 6.07) is 7.77. The summed E-state index contributed by atoms with van der Waals surface area (Å²) in [6.45, 7) is -0.466. The summed E-state index contributed by atoms with van der Waals surface area (Å²) in [5.41, 5.74) is 0.897. The second kappa shape index (κ2) is 18.9. The van der Waals surface area contributed by atoms with Gasteiger partial charge >= 0.3 is 29.6 Å². The molecule has 3 aliphatic heterocycles. The van der Waals surface area contributed by atoms with Crippen LogP contribution < -0.4 is 40.0 Å². The minimum absolute atomic E-state index is 0. The maximum absolute atomic E-state index is 12.6.